The number of amides is 3. The van der Waals surface area contributed by atoms with Crippen LogP contribution in [0.2, 0.25) is 0 Å². The summed E-state index contributed by atoms with van der Waals surface area (Å²) in [5.41, 5.74) is 0.466. The summed E-state index contributed by atoms with van der Waals surface area (Å²) in [5.74, 6) is -1.72. The SMILES string of the molecule is O=C(O)COc1ccccc1C=C1SC(=O)N(CC(=O)N2CCOCC2)C1=O. The maximum absolute atomic E-state index is 12.6. The van der Waals surface area contributed by atoms with Crippen molar-refractivity contribution in [2.45, 2.75) is 0 Å². The summed E-state index contributed by atoms with van der Waals surface area (Å²) >= 11 is 0.730. The highest BCUT2D eigenvalue weighted by Gasteiger charge is 2.37. The number of para-hydroxylation sites is 1. The van der Waals surface area contributed by atoms with Crippen LogP contribution in [0.5, 0.6) is 5.75 Å². The number of ether oxygens (including phenoxy) is 2. The standard InChI is InChI=1S/C18H18N2O7S/c21-15(19-5-7-26-8-6-19)10-20-17(24)14(28-18(20)25)9-12-3-1-2-4-13(12)27-11-16(22)23/h1-4,9H,5-8,10-11H2,(H,22,23). The van der Waals surface area contributed by atoms with E-state index in [-0.39, 0.29) is 23.1 Å². The lowest BCUT2D eigenvalue weighted by molar-refractivity contribution is -0.139. The molecule has 2 heterocycles. The summed E-state index contributed by atoms with van der Waals surface area (Å²) in [6.07, 6.45) is 1.46. The zero-order valence-electron chi connectivity index (χ0n) is 14.8. The largest absolute Gasteiger partial charge is 0.481 e. The predicted octanol–water partition coefficient (Wildman–Crippen LogP) is 1.05. The minimum Gasteiger partial charge on any atom is -0.481 e. The fourth-order valence-corrected chi connectivity index (χ4v) is 3.53. The molecule has 2 saturated heterocycles. The van der Waals surface area contributed by atoms with Gasteiger partial charge in [0.25, 0.3) is 11.1 Å². The summed E-state index contributed by atoms with van der Waals surface area (Å²) in [4.78, 5) is 50.5. The highest BCUT2D eigenvalue weighted by atomic mass is 32.2. The van der Waals surface area contributed by atoms with Gasteiger partial charge >= 0.3 is 5.97 Å². The van der Waals surface area contributed by atoms with Gasteiger partial charge in [-0.25, -0.2) is 4.79 Å². The van der Waals surface area contributed by atoms with Crippen LogP contribution in [0.3, 0.4) is 0 Å². The van der Waals surface area contributed by atoms with Gasteiger partial charge in [-0.2, -0.15) is 0 Å². The first-order chi connectivity index (χ1) is 13.5. The monoisotopic (exact) mass is 406 g/mol. The van der Waals surface area contributed by atoms with Crippen LogP contribution < -0.4 is 4.74 Å². The molecule has 2 aliphatic heterocycles. The third-order valence-corrected chi connectivity index (χ3v) is 4.99. The number of nitrogens with zero attached hydrogens (tertiary/aromatic N) is 2. The topological polar surface area (TPSA) is 113 Å². The van der Waals surface area contributed by atoms with E-state index in [1.54, 1.807) is 29.2 Å². The molecule has 3 rings (SSSR count). The van der Waals surface area contributed by atoms with Crippen LogP contribution in [0.15, 0.2) is 29.2 Å². The van der Waals surface area contributed by atoms with Gasteiger partial charge in [-0.15, -0.1) is 0 Å². The van der Waals surface area contributed by atoms with Gasteiger partial charge in [0.2, 0.25) is 5.91 Å². The smallest absolute Gasteiger partial charge is 0.341 e. The maximum Gasteiger partial charge on any atom is 0.341 e. The Hall–Kier alpha value is -2.85. The van der Waals surface area contributed by atoms with E-state index in [1.165, 1.54) is 6.08 Å². The molecule has 9 nitrogen and oxygen atoms in total. The Bertz CT molecular complexity index is 833. The van der Waals surface area contributed by atoms with Crippen molar-refractivity contribution in [1.82, 2.24) is 9.80 Å². The summed E-state index contributed by atoms with van der Waals surface area (Å²) < 4.78 is 10.4. The molecule has 148 valence electrons. The zero-order valence-corrected chi connectivity index (χ0v) is 15.6. The van der Waals surface area contributed by atoms with E-state index in [0.717, 1.165) is 16.7 Å². The van der Waals surface area contributed by atoms with E-state index in [9.17, 15) is 19.2 Å². The van der Waals surface area contributed by atoms with Crippen molar-refractivity contribution < 1.29 is 33.8 Å². The number of hydrogen-bond donors (Lipinski definition) is 1. The molecule has 1 aromatic rings. The molecule has 1 aromatic carbocycles. The van der Waals surface area contributed by atoms with Crippen LogP contribution in [-0.2, 0) is 19.1 Å². The van der Waals surface area contributed by atoms with Crippen molar-refractivity contribution in [2.24, 2.45) is 0 Å². The van der Waals surface area contributed by atoms with E-state index < -0.39 is 23.7 Å². The number of carbonyl (C=O) groups excluding carboxylic acids is 3. The van der Waals surface area contributed by atoms with Crippen molar-refractivity contribution in [2.75, 3.05) is 39.5 Å². The van der Waals surface area contributed by atoms with E-state index in [0.29, 0.717) is 31.9 Å². The van der Waals surface area contributed by atoms with Crippen LogP contribution in [0.25, 0.3) is 6.08 Å². The number of aliphatic carboxylic acids is 1. The number of imide groups is 1. The van der Waals surface area contributed by atoms with Crippen molar-refractivity contribution >= 4 is 40.9 Å². The second-order valence-electron chi connectivity index (χ2n) is 5.98. The Balaban J connectivity index is 1.72. The van der Waals surface area contributed by atoms with E-state index in [1.807, 2.05) is 0 Å². The van der Waals surface area contributed by atoms with Crippen LogP contribution in [0, 0.1) is 0 Å². The van der Waals surface area contributed by atoms with Gasteiger partial charge in [-0.1, -0.05) is 18.2 Å². The lowest BCUT2D eigenvalue weighted by Crippen LogP contribution is -2.46. The van der Waals surface area contributed by atoms with E-state index in [2.05, 4.69) is 0 Å². The van der Waals surface area contributed by atoms with Gasteiger partial charge in [0.1, 0.15) is 12.3 Å². The van der Waals surface area contributed by atoms with Crippen molar-refractivity contribution in [1.29, 1.82) is 0 Å². The van der Waals surface area contributed by atoms with Gasteiger partial charge in [0.05, 0.1) is 18.1 Å². The molecule has 0 atom stereocenters. The van der Waals surface area contributed by atoms with Crippen molar-refractivity contribution in [3.8, 4) is 5.75 Å². The minimum atomic E-state index is -1.13. The highest BCUT2D eigenvalue weighted by Crippen LogP contribution is 2.34. The van der Waals surface area contributed by atoms with Crippen LogP contribution in [-0.4, -0.2) is 77.4 Å². The van der Waals surface area contributed by atoms with E-state index in [4.69, 9.17) is 14.6 Å². The number of thioether (sulfide) groups is 1. The normalized spacial score (nSPS) is 18.6. The minimum absolute atomic E-state index is 0.145. The lowest BCUT2D eigenvalue weighted by Gasteiger charge is -2.28. The Morgan fingerprint density at radius 2 is 1.93 bits per heavy atom. The number of hydrogen-bond acceptors (Lipinski definition) is 7. The molecule has 0 unspecified atom stereocenters. The second-order valence-corrected chi connectivity index (χ2v) is 6.97. The Morgan fingerprint density at radius 3 is 2.64 bits per heavy atom. The predicted molar refractivity (Wildman–Crippen MR) is 99.6 cm³/mol. The third kappa shape index (κ3) is 4.70. The van der Waals surface area contributed by atoms with Gasteiger partial charge in [-0.05, 0) is 23.9 Å². The van der Waals surface area contributed by atoms with Crippen LogP contribution >= 0.6 is 11.8 Å². The number of carboxylic acids is 1. The quantitative estimate of drug-likeness (QED) is 0.698. The average Bonchev–Trinajstić information content (AvgIpc) is 2.95. The molecule has 2 aliphatic rings. The van der Waals surface area contributed by atoms with Gasteiger partial charge in [0, 0.05) is 18.7 Å². The lowest BCUT2D eigenvalue weighted by atomic mass is 10.2. The fraction of sp³-hybridized carbons (Fsp3) is 0.333. The number of carbonyl (C=O) groups is 4. The molecular weight excluding hydrogens is 388 g/mol. The summed E-state index contributed by atoms with van der Waals surface area (Å²) in [6.45, 7) is 0.874. The summed E-state index contributed by atoms with van der Waals surface area (Å²) in [7, 11) is 0. The molecule has 0 bridgehead atoms. The van der Waals surface area contributed by atoms with Gasteiger partial charge in [-0.3, -0.25) is 19.3 Å². The van der Waals surface area contributed by atoms with Crippen molar-refractivity contribution in [3.63, 3.8) is 0 Å². The van der Waals surface area contributed by atoms with Crippen LogP contribution in [0.1, 0.15) is 5.56 Å². The van der Waals surface area contributed by atoms with Gasteiger partial charge in [0.15, 0.2) is 6.61 Å². The number of morpholine rings is 1. The molecule has 2 fully saturated rings. The molecule has 0 radical (unpaired) electrons. The Kier molecular flexibility index (Phi) is 6.32. The van der Waals surface area contributed by atoms with Crippen molar-refractivity contribution in [3.05, 3.63) is 34.7 Å². The summed E-state index contributed by atoms with van der Waals surface area (Å²) in [5, 5.41) is 8.23. The Morgan fingerprint density at radius 1 is 1.21 bits per heavy atom. The average molecular weight is 406 g/mol. The molecule has 0 aliphatic carbocycles. The molecule has 1 N–H and O–H groups in total. The number of benzene rings is 1. The highest BCUT2D eigenvalue weighted by molar-refractivity contribution is 8.18. The van der Waals surface area contributed by atoms with Gasteiger partial charge < -0.3 is 19.5 Å². The molecular formula is C18H18N2O7S. The molecule has 0 aromatic heterocycles. The summed E-state index contributed by atoms with van der Waals surface area (Å²) in [6, 6.07) is 6.58. The third-order valence-electron chi connectivity index (χ3n) is 4.09. The Labute approximate surface area is 164 Å². The zero-order chi connectivity index (χ0) is 20.1. The second kappa shape index (κ2) is 8.89. The molecule has 0 saturated carbocycles. The maximum atomic E-state index is 12.6. The molecule has 0 spiro atoms. The number of carboxylic acid groups (broad SMARTS) is 1. The first-order valence-electron chi connectivity index (χ1n) is 8.50. The fourth-order valence-electron chi connectivity index (χ4n) is 2.70. The number of rotatable bonds is 6. The molecule has 3 amide bonds. The first-order valence-corrected chi connectivity index (χ1v) is 9.32. The molecule has 28 heavy (non-hydrogen) atoms. The van der Waals surface area contributed by atoms with Crippen LogP contribution in [0.4, 0.5) is 4.79 Å². The first kappa shape index (κ1) is 19.9. The van der Waals surface area contributed by atoms with E-state index >= 15 is 0 Å². The molecule has 10 heteroatoms.